The van der Waals surface area contributed by atoms with Gasteiger partial charge in [-0.25, -0.2) is 4.98 Å². The van der Waals surface area contributed by atoms with Gasteiger partial charge in [-0.05, 0) is 31.0 Å². The Labute approximate surface area is 95.3 Å². The second-order valence-electron chi connectivity index (χ2n) is 3.87. The van der Waals surface area contributed by atoms with E-state index in [1.54, 1.807) is 12.3 Å². The number of hydrogen-bond acceptors (Lipinski definition) is 3. The molecular formula is C13H15N3. The number of pyridine rings is 1. The Balaban J connectivity index is 2.34. The Bertz CT molecular complexity index is 486. The van der Waals surface area contributed by atoms with Gasteiger partial charge in [-0.3, -0.25) is 0 Å². The predicted octanol–water partition coefficient (Wildman–Crippen LogP) is 3.02. The molecule has 0 spiro atoms. The molecule has 0 saturated carbocycles. The summed E-state index contributed by atoms with van der Waals surface area (Å²) in [5.74, 6) is 0.775. The van der Waals surface area contributed by atoms with Crippen molar-refractivity contribution in [1.29, 1.82) is 0 Å². The SMILES string of the molecule is Cc1cccc(C)c1Nc1cc(N)ccn1. The number of aromatic nitrogens is 1. The third-order valence-electron chi connectivity index (χ3n) is 2.52. The Kier molecular flexibility index (Phi) is 2.77. The van der Waals surface area contributed by atoms with Crippen molar-refractivity contribution < 1.29 is 0 Å². The second kappa shape index (κ2) is 4.23. The third kappa shape index (κ3) is 2.14. The highest BCUT2D eigenvalue weighted by Crippen LogP contribution is 2.23. The molecule has 3 heteroatoms. The van der Waals surface area contributed by atoms with E-state index in [0.717, 1.165) is 11.5 Å². The first-order chi connectivity index (χ1) is 7.66. The first-order valence-electron chi connectivity index (χ1n) is 5.21. The number of para-hydroxylation sites is 1. The van der Waals surface area contributed by atoms with Gasteiger partial charge in [-0.2, -0.15) is 0 Å². The minimum atomic E-state index is 0.712. The van der Waals surface area contributed by atoms with Gasteiger partial charge in [0.25, 0.3) is 0 Å². The maximum absolute atomic E-state index is 5.71. The average molecular weight is 213 g/mol. The van der Waals surface area contributed by atoms with Crippen molar-refractivity contribution in [1.82, 2.24) is 4.98 Å². The molecule has 0 unspecified atom stereocenters. The van der Waals surface area contributed by atoms with Crippen LogP contribution in [0.3, 0.4) is 0 Å². The fraction of sp³-hybridized carbons (Fsp3) is 0.154. The summed E-state index contributed by atoms with van der Waals surface area (Å²) in [6.45, 7) is 4.14. The third-order valence-corrected chi connectivity index (χ3v) is 2.52. The summed E-state index contributed by atoms with van der Waals surface area (Å²) in [4.78, 5) is 4.23. The van der Waals surface area contributed by atoms with Crippen LogP contribution in [0.5, 0.6) is 0 Å². The van der Waals surface area contributed by atoms with Gasteiger partial charge in [-0.15, -0.1) is 0 Å². The predicted molar refractivity (Wildman–Crippen MR) is 67.8 cm³/mol. The van der Waals surface area contributed by atoms with Crippen LogP contribution in [0.1, 0.15) is 11.1 Å². The van der Waals surface area contributed by atoms with Crippen molar-refractivity contribution in [3.8, 4) is 0 Å². The van der Waals surface area contributed by atoms with Crippen molar-refractivity contribution in [3.05, 3.63) is 47.7 Å². The molecule has 0 aliphatic heterocycles. The molecule has 3 nitrogen and oxygen atoms in total. The standard InChI is InChI=1S/C13H15N3/c1-9-4-3-5-10(2)13(9)16-12-8-11(14)6-7-15-12/h3-8H,1-2H3,(H3,14,15,16). The van der Waals surface area contributed by atoms with E-state index in [1.807, 2.05) is 12.1 Å². The van der Waals surface area contributed by atoms with Gasteiger partial charge >= 0.3 is 0 Å². The largest absolute Gasteiger partial charge is 0.399 e. The van der Waals surface area contributed by atoms with Crippen LogP contribution in [0.15, 0.2) is 36.5 Å². The smallest absolute Gasteiger partial charge is 0.132 e. The first-order valence-corrected chi connectivity index (χ1v) is 5.21. The number of hydrogen-bond donors (Lipinski definition) is 2. The number of rotatable bonds is 2. The summed E-state index contributed by atoms with van der Waals surface area (Å²) < 4.78 is 0. The van der Waals surface area contributed by atoms with Gasteiger partial charge in [0.2, 0.25) is 0 Å². The molecule has 1 aromatic carbocycles. The van der Waals surface area contributed by atoms with E-state index >= 15 is 0 Å². The molecule has 82 valence electrons. The zero-order chi connectivity index (χ0) is 11.5. The molecule has 0 aliphatic carbocycles. The normalized spacial score (nSPS) is 10.1. The lowest BCUT2D eigenvalue weighted by atomic mass is 10.1. The maximum Gasteiger partial charge on any atom is 0.132 e. The van der Waals surface area contributed by atoms with Gasteiger partial charge < -0.3 is 11.1 Å². The summed E-state index contributed by atoms with van der Waals surface area (Å²) in [6, 6.07) is 9.79. The number of aryl methyl sites for hydroxylation is 2. The summed E-state index contributed by atoms with van der Waals surface area (Å²) in [6.07, 6.45) is 1.70. The molecule has 2 rings (SSSR count). The Morgan fingerprint density at radius 3 is 2.44 bits per heavy atom. The summed E-state index contributed by atoms with van der Waals surface area (Å²) >= 11 is 0. The van der Waals surface area contributed by atoms with Crippen LogP contribution in [0.2, 0.25) is 0 Å². The first kappa shape index (κ1) is 10.5. The van der Waals surface area contributed by atoms with Crippen LogP contribution in [-0.4, -0.2) is 4.98 Å². The molecule has 0 amide bonds. The van der Waals surface area contributed by atoms with E-state index in [4.69, 9.17) is 5.73 Å². The highest BCUT2D eigenvalue weighted by atomic mass is 15.0. The highest BCUT2D eigenvalue weighted by Gasteiger charge is 2.02. The van der Waals surface area contributed by atoms with Crippen LogP contribution in [0.4, 0.5) is 17.2 Å². The molecular weight excluding hydrogens is 198 g/mol. The van der Waals surface area contributed by atoms with Crippen molar-refractivity contribution in [2.45, 2.75) is 13.8 Å². The van der Waals surface area contributed by atoms with E-state index in [2.05, 4.69) is 36.3 Å². The van der Waals surface area contributed by atoms with Gasteiger partial charge in [-0.1, -0.05) is 18.2 Å². The van der Waals surface area contributed by atoms with Gasteiger partial charge in [0, 0.05) is 23.6 Å². The molecule has 0 saturated heterocycles. The van der Waals surface area contributed by atoms with Crippen molar-refractivity contribution in [3.63, 3.8) is 0 Å². The number of nitrogens with one attached hydrogen (secondary N) is 1. The zero-order valence-corrected chi connectivity index (χ0v) is 9.49. The number of benzene rings is 1. The lowest BCUT2D eigenvalue weighted by molar-refractivity contribution is 1.28. The summed E-state index contributed by atoms with van der Waals surface area (Å²) in [7, 11) is 0. The molecule has 0 fully saturated rings. The Morgan fingerprint density at radius 1 is 1.12 bits per heavy atom. The van der Waals surface area contributed by atoms with Crippen molar-refractivity contribution in [2.24, 2.45) is 0 Å². The Morgan fingerprint density at radius 2 is 1.81 bits per heavy atom. The van der Waals surface area contributed by atoms with E-state index < -0.39 is 0 Å². The molecule has 0 bridgehead atoms. The fourth-order valence-corrected chi connectivity index (χ4v) is 1.65. The van der Waals surface area contributed by atoms with E-state index in [0.29, 0.717) is 5.69 Å². The minimum Gasteiger partial charge on any atom is -0.399 e. The number of nitrogens with zero attached hydrogens (tertiary/aromatic N) is 1. The molecule has 0 aliphatic rings. The van der Waals surface area contributed by atoms with Crippen molar-refractivity contribution >= 4 is 17.2 Å². The van der Waals surface area contributed by atoms with Crippen molar-refractivity contribution in [2.75, 3.05) is 11.1 Å². The lowest BCUT2D eigenvalue weighted by Gasteiger charge is -2.11. The summed E-state index contributed by atoms with van der Waals surface area (Å²) in [5.41, 5.74) is 9.91. The fourth-order valence-electron chi connectivity index (χ4n) is 1.65. The summed E-state index contributed by atoms with van der Waals surface area (Å²) in [5, 5.41) is 3.29. The van der Waals surface area contributed by atoms with Gasteiger partial charge in [0.15, 0.2) is 0 Å². The average Bonchev–Trinajstić information content (AvgIpc) is 2.24. The maximum atomic E-state index is 5.71. The molecule has 0 atom stereocenters. The Hall–Kier alpha value is -2.03. The molecule has 0 radical (unpaired) electrons. The molecule has 1 aromatic heterocycles. The number of anilines is 3. The quantitative estimate of drug-likeness (QED) is 0.806. The highest BCUT2D eigenvalue weighted by molar-refractivity contribution is 5.65. The van der Waals surface area contributed by atoms with E-state index in [-0.39, 0.29) is 0 Å². The zero-order valence-electron chi connectivity index (χ0n) is 9.49. The second-order valence-corrected chi connectivity index (χ2v) is 3.87. The van der Waals surface area contributed by atoms with Crippen LogP contribution in [0, 0.1) is 13.8 Å². The topological polar surface area (TPSA) is 50.9 Å². The minimum absolute atomic E-state index is 0.712. The molecule has 3 N–H and O–H groups in total. The lowest BCUT2D eigenvalue weighted by Crippen LogP contribution is -1.98. The van der Waals surface area contributed by atoms with E-state index in [9.17, 15) is 0 Å². The molecule has 2 aromatic rings. The van der Waals surface area contributed by atoms with Crippen LogP contribution in [0.25, 0.3) is 0 Å². The van der Waals surface area contributed by atoms with Gasteiger partial charge in [0.1, 0.15) is 5.82 Å². The number of nitrogen functional groups attached to an aromatic ring is 1. The van der Waals surface area contributed by atoms with Crippen LogP contribution in [-0.2, 0) is 0 Å². The van der Waals surface area contributed by atoms with Crippen LogP contribution < -0.4 is 11.1 Å². The van der Waals surface area contributed by atoms with Gasteiger partial charge in [0.05, 0.1) is 0 Å². The molecule has 16 heavy (non-hydrogen) atoms. The monoisotopic (exact) mass is 213 g/mol. The number of nitrogens with two attached hydrogens (primary N) is 1. The van der Waals surface area contributed by atoms with Crippen LogP contribution >= 0.6 is 0 Å². The van der Waals surface area contributed by atoms with E-state index in [1.165, 1.54) is 11.1 Å². The molecule has 1 heterocycles.